The third-order valence-corrected chi connectivity index (χ3v) is 4.48. The minimum atomic E-state index is -0.403. The largest absolute Gasteiger partial charge is 0.378 e. The summed E-state index contributed by atoms with van der Waals surface area (Å²) in [6.45, 7) is 2.96. The standard InChI is InChI=1S/C12H16BrN3O2/c1-2-12(4-3-5-12)8-15-11-9(13)6-14-7-10(11)16(17)18/h6-7H,2-5,8H2,1H3,(H,14,15). The third-order valence-electron chi connectivity index (χ3n) is 3.88. The van der Waals surface area contributed by atoms with Gasteiger partial charge in [0, 0.05) is 12.7 Å². The van der Waals surface area contributed by atoms with Crippen LogP contribution in [0.1, 0.15) is 32.6 Å². The summed E-state index contributed by atoms with van der Waals surface area (Å²) in [7, 11) is 0. The normalized spacial score (nSPS) is 17.0. The monoisotopic (exact) mass is 313 g/mol. The Balaban J connectivity index is 2.15. The second-order valence-corrected chi connectivity index (χ2v) is 5.69. The first kappa shape index (κ1) is 13.3. The lowest BCUT2D eigenvalue weighted by Crippen LogP contribution is -2.36. The Bertz CT molecular complexity index is 455. The number of pyridine rings is 1. The third kappa shape index (κ3) is 2.48. The van der Waals surface area contributed by atoms with Gasteiger partial charge in [-0.15, -0.1) is 0 Å². The molecule has 0 bridgehead atoms. The van der Waals surface area contributed by atoms with E-state index < -0.39 is 4.92 Å². The van der Waals surface area contributed by atoms with Crippen LogP contribution in [0.5, 0.6) is 0 Å². The SMILES string of the molecule is CCC1(CNc2c(Br)cncc2[N+](=O)[O-])CCC1. The summed E-state index contributed by atoms with van der Waals surface area (Å²) >= 11 is 3.32. The van der Waals surface area contributed by atoms with Gasteiger partial charge in [-0.2, -0.15) is 0 Å². The molecule has 0 spiro atoms. The van der Waals surface area contributed by atoms with Gasteiger partial charge < -0.3 is 5.32 Å². The maximum atomic E-state index is 11.0. The fourth-order valence-electron chi connectivity index (χ4n) is 2.35. The van der Waals surface area contributed by atoms with Gasteiger partial charge in [0.15, 0.2) is 0 Å². The van der Waals surface area contributed by atoms with E-state index >= 15 is 0 Å². The number of nitrogens with zero attached hydrogens (tertiary/aromatic N) is 2. The van der Waals surface area contributed by atoms with Crippen LogP contribution in [0.3, 0.4) is 0 Å². The van der Waals surface area contributed by atoms with Crippen molar-refractivity contribution < 1.29 is 4.92 Å². The summed E-state index contributed by atoms with van der Waals surface area (Å²) in [6.07, 6.45) is 7.63. The number of hydrogen-bond donors (Lipinski definition) is 1. The van der Waals surface area contributed by atoms with Crippen LogP contribution in [0.4, 0.5) is 11.4 Å². The van der Waals surface area contributed by atoms with Crippen LogP contribution in [0.15, 0.2) is 16.9 Å². The number of anilines is 1. The molecule has 5 nitrogen and oxygen atoms in total. The summed E-state index contributed by atoms with van der Waals surface area (Å²) in [6, 6.07) is 0. The van der Waals surface area contributed by atoms with Gasteiger partial charge in [0.05, 0.1) is 9.40 Å². The van der Waals surface area contributed by atoms with Crippen LogP contribution >= 0.6 is 15.9 Å². The number of nitro groups is 1. The second-order valence-electron chi connectivity index (χ2n) is 4.83. The molecule has 2 rings (SSSR count). The summed E-state index contributed by atoms with van der Waals surface area (Å²) in [5.41, 5.74) is 0.876. The van der Waals surface area contributed by atoms with E-state index in [0.717, 1.165) is 13.0 Å². The topological polar surface area (TPSA) is 68.1 Å². The van der Waals surface area contributed by atoms with Crippen molar-refractivity contribution in [2.24, 2.45) is 5.41 Å². The molecule has 0 atom stereocenters. The van der Waals surface area contributed by atoms with Gasteiger partial charge in [-0.05, 0) is 40.6 Å². The predicted octanol–water partition coefficient (Wildman–Crippen LogP) is 3.74. The van der Waals surface area contributed by atoms with E-state index in [1.165, 1.54) is 25.5 Å². The van der Waals surface area contributed by atoms with Gasteiger partial charge in [-0.1, -0.05) is 13.3 Å². The van der Waals surface area contributed by atoms with E-state index in [4.69, 9.17) is 0 Å². The first-order chi connectivity index (χ1) is 8.58. The van der Waals surface area contributed by atoms with Crippen LogP contribution < -0.4 is 5.32 Å². The Hall–Kier alpha value is -1.17. The molecule has 0 saturated heterocycles. The molecule has 0 radical (unpaired) electrons. The molecule has 0 unspecified atom stereocenters. The van der Waals surface area contributed by atoms with Crippen molar-refractivity contribution in [3.8, 4) is 0 Å². The fourth-order valence-corrected chi connectivity index (χ4v) is 2.81. The van der Waals surface area contributed by atoms with Gasteiger partial charge in [0.1, 0.15) is 11.9 Å². The van der Waals surface area contributed by atoms with Gasteiger partial charge in [0.2, 0.25) is 0 Å². The molecule has 1 aliphatic carbocycles. The van der Waals surface area contributed by atoms with Crippen LogP contribution in [0.25, 0.3) is 0 Å². The lowest BCUT2D eigenvalue weighted by Gasteiger charge is -2.41. The number of nitrogens with one attached hydrogen (secondary N) is 1. The lowest BCUT2D eigenvalue weighted by molar-refractivity contribution is -0.384. The molecule has 1 saturated carbocycles. The lowest BCUT2D eigenvalue weighted by atomic mass is 9.67. The minimum Gasteiger partial charge on any atom is -0.378 e. The minimum absolute atomic E-state index is 0.0231. The van der Waals surface area contributed by atoms with E-state index in [2.05, 4.69) is 33.2 Å². The van der Waals surface area contributed by atoms with Crippen molar-refractivity contribution in [3.05, 3.63) is 27.0 Å². The molecular formula is C12H16BrN3O2. The molecule has 1 aromatic rings. The Labute approximate surface area is 114 Å². The number of aromatic nitrogens is 1. The van der Waals surface area contributed by atoms with E-state index in [1.807, 2.05) is 0 Å². The molecule has 1 aliphatic rings. The second kappa shape index (κ2) is 5.22. The Morgan fingerprint density at radius 2 is 2.28 bits per heavy atom. The Kier molecular flexibility index (Phi) is 3.85. The highest BCUT2D eigenvalue weighted by molar-refractivity contribution is 9.10. The zero-order valence-corrected chi connectivity index (χ0v) is 11.9. The van der Waals surface area contributed by atoms with Crippen molar-refractivity contribution in [2.75, 3.05) is 11.9 Å². The molecule has 18 heavy (non-hydrogen) atoms. The molecule has 0 aliphatic heterocycles. The van der Waals surface area contributed by atoms with E-state index in [0.29, 0.717) is 15.6 Å². The quantitative estimate of drug-likeness (QED) is 0.664. The van der Waals surface area contributed by atoms with E-state index in [9.17, 15) is 10.1 Å². The highest BCUT2D eigenvalue weighted by Gasteiger charge is 2.35. The summed E-state index contributed by atoms with van der Waals surface area (Å²) in [5.74, 6) is 0. The van der Waals surface area contributed by atoms with Crippen molar-refractivity contribution in [1.82, 2.24) is 4.98 Å². The molecular weight excluding hydrogens is 298 g/mol. The maximum Gasteiger partial charge on any atom is 0.311 e. The number of hydrogen-bond acceptors (Lipinski definition) is 4. The van der Waals surface area contributed by atoms with Crippen molar-refractivity contribution >= 4 is 27.3 Å². The van der Waals surface area contributed by atoms with Gasteiger partial charge in [-0.25, -0.2) is 0 Å². The first-order valence-electron chi connectivity index (χ1n) is 6.10. The summed E-state index contributed by atoms with van der Waals surface area (Å²) < 4.78 is 0.641. The first-order valence-corrected chi connectivity index (χ1v) is 6.89. The molecule has 1 aromatic heterocycles. The van der Waals surface area contributed by atoms with Gasteiger partial charge >= 0.3 is 5.69 Å². The molecule has 0 amide bonds. The van der Waals surface area contributed by atoms with Crippen LogP contribution in [-0.2, 0) is 0 Å². The Morgan fingerprint density at radius 3 is 2.78 bits per heavy atom. The molecule has 0 aromatic carbocycles. The fraction of sp³-hybridized carbons (Fsp3) is 0.583. The summed E-state index contributed by atoms with van der Waals surface area (Å²) in [5, 5.41) is 14.2. The van der Waals surface area contributed by atoms with Crippen LogP contribution in [-0.4, -0.2) is 16.5 Å². The van der Waals surface area contributed by atoms with Crippen molar-refractivity contribution in [3.63, 3.8) is 0 Å². The highest BCUT2D eigenvalue weighted by atomic mass is 79.9. The average molecular weight is 314 g/mol. The average Bonchev–Trinajstić information content (AvgIpc) is 2.29. The van der Waals surface area contributed by atoms with Gasteiger partial charge in [-0.3, -0.25) is 15.1 Å². The molecule has 6 heteroatoms. The summed E-state index contributed by atoms with van der Waals surface area (Å²) in [4.78, 5) is 14.4. The zero-order chi connectivity index (χ0) is 13.2. The van der Waals surface area contributed by atoms with Crippen molar-refractivity contribution in [1.29, 1.82) is 0 Å². The number of rotatable bonds is 5. The molecule has 1 fully saturated rings. The van der Waals surface area contributed by atoms with Crippen LogP contribution in [0, 0.1) is 15.5 Å². The molecule has 1 N–H and O–H groups in total. The van der Waals surface area contributed by atoms with E-state index in [-0.39, 0.29) is 5.69 Å². The number of halogens is 1. The van der Waals surface area contributed by atoms with Gasteiger partial charge in [0.25, 0.3) is 0 Å². The molecule has 1 heterocycles. The maximum absolute atomic E-state index is 11.0. The Morgan fingerprint density at radius 1 is 1.56 bits per heavy atom. The highest BCUT2D eigenvalue weighted by Crippen LogP contribution is 2.44. The van der Waals surface area contributed by atoms with E-state index in [1.54, 1.807) is 6.20 Å². The predicted molar refractivity (Wildman–Crippen MR) is 73.7 cm³/mol. The van der Waals surface area contributed by atoms with Crippen molar-refractivity contribution in [2.45, 2.75) is 32.6 Å². The van der Waals surface area contributed by atoms with Crippen LogP contribution in [0.2, 0.25) is 0 Å². The molecule has 98 valence electrons. The zero-order valence-electron chi connectivity index (χ0n) is 10.3. The smallest absolute Gasteiger partial charge is 0.311 e.